The Morgan fingerprint density at radius 1 is 1.55 bits per heavy atom. The van der Waals surface area contributed by atoms with Crippen LogP contribution in [0, 0.1) is 0 Å². The number of hydrogen-bond acceptors (Lipinski definition) is 5. The number of nitrogens with zero attached hydrogens (tertiary/aromatic N) is 2. The molecule has 1 atom stereocenters. The highest BCUT2D eigenvalue weighted by molar-refractivity contribution is 7.99. The molecule has 1 heterocycles. The van der Waals surface area contributed by atoms with Crippen molar-refractivity contribution in [3.63, 3.8) is 0 Å². The number of thioether (sulfide) groups is 1. The fraction of sp³-hybridized carbons (Fsp3) is 0.750. The first-order chi connectivity index (χ1) is 9.44. The summed E-state index contributed by atoms with van der Waals surface area (Å²) in [6, 6.07) is 0. The van der Waals surface area contributed by atoms with E-state index in [9.17, 15) is 9.59 Å². The lowest BCUT2D eigenvalue weighted by Crippen LogP contribution is -2.51. The first kappa shape index (κ1) is 16.8. The molecule has 7 nitrogen and oxygen atoms in total. The Morgan fingerprint density at radius 2 is 2.25 bits per heavy atom. The van der Waals surface area contributed by atoms with Gasteiger partial charge in [-0.2, -0.15) is 0 Å². The number of carbonyl (C=O) groups excluding carboxylic acids is 1. The van der Waals surface area contributed by atoms with Gasteiger partial charge in [-0.25, -0.2) is 9.89 Å². The molecule has 20 heavy (non-hydrogen) atoms. The number of nitrogens with one attached hydrogen (secondary N) is 2. The summed E-state index contributed by atoms with van der Waals surface area (Å²) >= 11 is 1.54. The zero-order chi connectivity index (χ0) is 15.2. The fourth-order valence-corrected chi connectivity index (χ4v) is 2.82. The molecule has 1 amide bonds. The van der Waals surface area contributed by atoms with Gasteiger partial charge >= 0.3 is 5.69 Å². The molecule has 0 aliphatic carbocycles. The third-order valence-corrected chi connectivity index (χ3v) is 4.50. The Labute approximate surface area is 122 Å². The van der Waals surface area contributed by atoms with Crippen LogP contribution in [0.4, 0.5) is 0 Å². The summed E-state index contributed by atoms with van der Waals surface area (Å²) < 4.78 is 1.60. The van der Waals surface area contributed by atoms with E-state index in [1.54, 1.807) is 23.4 Å². The second-order valence-corrected chi connectivity index (χ2v) is 5.87. The van der Waals surface area contributed by atoms with Gasteiger partial charge in [-0.1, -0.05) is 18.2 Å². The first-order valence-corrected chi connectivity index (χ1v) is 7.70. The van der Waals surface area contributed by atoms with Gasteiger partial charge in [-0.05, 0) is 33.7 Å². The highest BCUT2D eigenvalue weighted by atomic mass is 32.2. The van der Waals surface area contributed by atoms with Crippen LogP contribution in [0.3, 0.4) is 0 Å². The number of primary amides is 1. The van der Waals surface area contributed by atoms with Crippen molar-refractivity contribution in [2.45, 2.75) is 50.4 Å². The zero-order valence-electron chi connectivity index (χ0n) is 12.2. The monoisotopic (exact) mass is 301 g/mol. The topological polar surface area (TPSA) is 106 Å². The maximum atomic E-state index is 11.4. The van der Waals surface area contributed by atoms with Gasteiger partial charge in [-0.3, -0.25) is 9.36 Å². The van der Waals surface area contributed by atoms with Crippen LogP contribution in [0.2, 0.25) is 0 Å². The Hall–Kier alpha value is -1.28. The molecular weight excluding hydrogens is 278 g/mol. The number of nitrogens with two attached hydrogens (primary N) is 1. The van der Waals surface area contributed by atoms with Gasteiger partial charge in [0.15, 0.2) is 5.16 Å². The van der Waals surface area contributed by atoms with Crippen molar-refractivity contribution < 1.29 is 4.79 Å². The highest BCUT2D eigenvalue weighted by Gasteiger charge is 2.27. The number of aromatic nitrogens is 3. The van der Waals surface area contributed by atoms with Crippen molar-refractivity contribution in [2.24, 2.45) is 5.73 Å². The van der Waals surface area contributed by atoms with Crippen LogP contribution in [0.5, 0.6) is 0 Å². The van der Waals surface area contributed by atoms with Gasteiger partial charge in [0.25, 0.3) is 0 Å². The minimum Gasteiger partial charge on any atom is -0.368 e. The van der Waals surface area contributed by atoms with Gasteiger partial charge in [-0.15, -0.1) is 5.10 Å². The van der Waals surface area contributed by atoms with Gasteiger partial charge in [0.2, 0.25) is 5.91 Å². The summed E-state index contributed by atoms with van der Waals surface area (Å²) in [7, 11) is 1.74. The van der Waals surface area contributed by atoms with Crippen LogP contribution in [-0.2, 0) is 11.3 Å². The average molecular weight is 301 g/mol. The van der Waals surface area contributed by atoms with Crippen LogP contribution in [0.25, 0.3) is 0 Å². The van der Waals surface area contributed by atoms with E-state index in [2.05, 4.69) is 15.5 Å². The molecule has 0 aliphatic heterocycles. The van der Waals surface area contributed by atoms with Crippen LogP contribution in [0.15, 0.2) is 9.95 Å². The number of amides is 1. The van der Waals surface area contributed by atoms with E-state index in [1.807, 2.05) is 13.8 Å². The normalized spacial score (nSPS) is 14.2. The van der Waals surface area contributed by atoms with Crippen LogP contribution in [0.1, 0.15) is 33.1 Å². The van der Waals surface area contributed by atoms with Crippen molar-refractivity contribution >= 4 is 17.7 Å². The Morgan fingerprint density at radius 3 is 2.80 bits per heavy atom. The predicted molar refractivity (Wildman–Crippen MR) is 79.8 cm³/mol. The van der Waals surface area contributed by atoms with E-state index < -0.39 is 5.54 Å². The van der Waals surface area contributed by atoms with E-state index in [4.69, 9.17) is 5.73 Å². The van der Waals surface area contributed by atoms with E-state index in [-0.39, 0.29) is 11.6 Å². The van der Waals surface area contributed by atoms with Crippen LogP contribution < -0.4 is 16.7 Å². The van der Waals surface area contributed by atoms with Crippen molar-refractivity contribution in [3.8, 4) is 0 Å². The lowest BCUT2D eigenvalue weighted by Gasteiger charge is -2.25. The predicted octanol–water partition coefficient (Wildman–Crippen LogP) is 0.317. The minimum absolute atomic E-state index is 0.175. The quantitative estimate of drug-likeness (QED) is 0.450. The summed E-state index contributed by atoms with van der Waals surface area (Å²) in [6.07, 6.45) is 2.51. The smallest absolute Gasteiger partial charge is 0.343 e. The number of unbranched alkanes of at least 4 members (excludes halogenated alkanes) is 1. The van der Waals surface area contributed by atoms with Gasteiger partial charge in [0.05, 0.1) is 5.54 Å². The lowest BCUT2D eigenvalue weighted by atomic mass is 9.94. The van der Waals surface area contributed by atoms with E-state index in [1.165, 1.54) is 0 Å². The maximum absolute atomic E-state index is 11.4. The van der Waals surface area contributed by atoms with Gasteiger partial charge in [0.1, 0.15) is 0 Å². The third-order valence-electron chi connectivity index (χ3n) is 3.44. The summed E-state index contributed by atoms with van der Waals surface area (Å²) in [5.41, 5.74) is 4.54. The molecule has 1 aromatic rings. The molecule has 0 aliphatic rings. The van der Waals surface area contributed by atoms with Crippen LogP contribution in [-0.4, -0.2) is 39.0 Å². The van der Waals surface area contributed by atoms with Crippen molar-refractivity contribution in [3.05, 3.63) is 10.5 Å². The second-order valence-electron chi connectivity index (χ2n) is 4.81. The molecule has 0 saturated heterocycles. The molecule has 8 heteroatoms. The SMILES string of the molecule is CCn1c(SCCCCC(C)(NC)C(N)=O)n[nH]c1=O. The van der Waals surface area contributed by atoms with Gasteiger partial charge in [0, 0.05) is 12.3 Å². The molecule has 0 spiro atoms. The minimum atomic E-state index is -0.650. The maximum Gasteiger partial charge on any atom is 0.343 e. The van der Waals surface area contributed by atoms with Gasteiger partial charge < -0.3 is 11.1 Å². The van der Waals surface area contributed by atoms with Crippen molar-refractivity contribution in [1.82, 2.24) is 20.1 Å². The number of carbonyl (C=O) groups is 1. The molecule has 1 rings (SSSR count). The number of aromatic amines is 1. The van der Waals surface area contributed by atoms with E-state index >= 15 is 0 Å². The molecule has 4 N–H and O–H groups in total. The molecule has 0 aromatic carbocycles. The Kier molecular flexibility index (Phi) is 6.28. The molecule has 1 unspecified atom stereocenters. The fourth-order valence-electron chi connectivity index (χ4n) is 1.81. The zero-order valence-corrected chi connectivity index (χ0v) is 13.0. The molecule has 1 aromatic heterocycles. The molecule has 114 valence electrons. The van der Waals surface area contributed by atoms with Crippen molar-refractivity contribution in [2.75, 3.05) is 12.8 Å². The third kappa shape index (κ3) is 4.11. The largest absolute Gasteiger partial charge is 0.368 e. The van der Waals surface area contributed by atoms with Crippen molar-refractivity contribution in [1.29, 1.82) is 0 Å². The number of likely N-dealkylation sites (N-methyl/N-ethyl adjacent to an activating group) is 1. The number of H-pyrrole nitrogens is 1. The second kappa shape index (κ2) is 7.49. The molecule has 0 saturated carbocycles. The van der Waals surface area contributed by atoms with E-state index in [0.29, 0.717) is 18.1 Å². The summed E-state index contributed by atoms with van der Waals surface area (Å²) in [4.78, 5) is 22.7. The van der Waals surface area contributed by atoms with Crippen LogP contribution >= 0.6 is 11.8 Å². The summed E-state index contributed by atoms with van der Waals surface area (Å²) in [5, 5.41) is 10.1. The highest BCUT2D eigenvalue weighted by Crippen LogP contribution is 2.18. The summed E-state index contributed by atoms with van der Waals surface area (Å²) in [5.74, 6) is 0.517. The standard InChI is InChI=1S/C12H23N5O2S/c1-4-17-10(19)15-16-11(17)20-8-6-5-7-12(2,14-3)9(13)18/h14H,4-8H2,1-3H3,(H2,13,18)(H,15,19). The first-order valence-electron chi connectivity index (χ1n) is 6.71. The number of rotatable bonds is 9. The molecular formula is C12H23N5O2S. The average Bonchev–Trinajstić information content (AvgIpc) is 2.78. The Bertz CT molecular complexity index is 498. The molecule has 0 bridgehead atoms. The Balaban J connectivity index is 2.35. The summed E-state index contributed by atoms with van der Waals surface area (Å²) in [6.45, 7) is 4.33. The van der Waals surface area contributed by atoms with E-state index in [0.717, 1.165) is 18.6 Å². The molecule has 0 fully saturated rings. The lowest BCUT2D eigenvalue weighted by molar-refractivity contribution is -0.123. The number of hydrogen-bond donors (Lipinski definition) is 3. The molecule has 0 radical (unpaired) electrons.